The van der Waals surface area contributed by atoms with E-state index in [-0.39, 0.29) is 17.5 Å². The highest BCUT2D eigenvalue weighted by Gasteiger charge is 2.30. The van der Waals surface area contributed by atoms with Crippen LogP contribution in [0.3, 0.4) is 0 Å². The molecule has 0 spiro atoms. The monoisotopic (exact) mass is 268 g/mol. The van der Waals surface area contributed by atoms with Crippen molar-refractivity contribution in [2.45, 2.75) is 13.3 Å². The molecule has 0 saturated carbocycles. The normalized spacial score (nSPS) is 19.3. The van der Waals surface area contributed by atoms with Gasteiger partial charge in [-0.3, -0.25) is 14.9 Å². The van der Waals surface area contributed by atoms with E-state index in [1.807, 2.05) is 0 Å². The smallest absolute Gasteiger partial charge is 0.271 e. The lowest BCUT2D eigenvalue weighted by molar-refractivity contribution is -0.384. The van der Waals surface area contributed by atoms with Crippen molar-refractivity contribution in [2.24, 2.45) is 5.92 Å². The number of amides is 1. The highest BCUT2D eigenvalue weighted by atomic mass is 35.5. The summed E-state index contributed by atoms with van der Waals surface area (Å²) in [5.41, 5.74) is 1.35. The number of alkyl halides is 1. The third kappa shape index (κ3) is 2.46. The van der Waals surface area contributed by atoms with Crippen molar-refractivity contribution < 1.29 is 9.72 Å². The summed E-state index contributed by atoms with van der Waals surface area (Å²) in [5, 5.41) is 10.8. The van der Waals surface area contributed by atoms with Gasteiger partial charge in [-0.05, 0) is 24.5 Å². The Morgan fingerprint density at radius 2 is 2.22 bits per heavy atom. The Bertz CT molecular complexity index is 504. The Morgan fingerprint density at radius 3 is 2.78 bits per heavy atom. The van der Waals surface area contributed by atoms with E-state index in [9.17, 15) is 14.9 Å². The van der Waals surface area contributed by atoms with Crippen molar-refractivity contribution in [3.05, 3.63) is 33.9 Å². The molecule has 1 saturated heterocycles. The van der Waals surface area contributed by atoms with E-state index in [1.54, 1.807) is 17.9 Å². The molecule has 5 nitrogen and oxygen atoms in total. The van der Waals surface area contributed by atoms with Crippen LogP contribution in [0.25, 0.3) is 0 Å². The SMILES string of the molecule is Cc1cc(N2CC(CCl)CC2=O)cc([N+](=O)[O-])c1. The van der Waals surface area contributed by atoms with Gasteiger partial charge in [-0.25, -0.2) is 0 Å². The van der Waals surface area contributed by atoms with Crippen LogP contribution in [0.4, 0.5) is 11.4 Å². The zero-order valence-electron chi connectivity index (χ0n) is 9.93. The van der Waals surface area contributed by atoms with Crippen LogP contribution in [-0.4, -0.2) is 23.3 Å². The van der Waals surface area contributed by atoms with Crippen molar-refractivity contribution in [3.8, 4) is 0 Å². The molecule has 96 valence electrons. The number of aryl methyl sites for hydroxylation is 1. The fourth-order valence-electron chi connectivity index (χ4n) is 2.14. The molecule has 1 atom stereocenters. The Balaban J connectivity index is 2.34. The molecule has 1 aromatic carbocycles. The van der Waals surface area contributed by atoms with Crippen LogP contribution in [0, 0.1) is 23.0 Å². The first kappa shape index (κ1) is 12.8. The highest BCUT2D eigenvalue weighted by Crippen LogP contribution is 2.29. The fraction of sp³-hybridized carbons (Fsp3) is 0.417. The number of hydrogen-bond acceptors (Lipinski definition) is 3. The largest absolute Gasteiger partial charge is 0.312 e. The molecule has 6 heteroatoms. The van der Waals surface area contributed by atoms with Gasteiger partial charge in [0.2, 0.25) is 5.91 Å². The van der Waals surface area contributed by atoms with Crippen molar-refractivity contribution in [1.82, 2.24) is 0 Å². The first-order valence-electron chi connectivity index (χ1n) is 5.63. The molecular weight excluding hydrogens is 256 g/mol. The molecule has 1 amide bonds. The Morgan fingerprint density at radius 1 is 1.50 bits per heavy atom. The third-order valence-corrected chi connectivity index (χ3v) is 3.43. The maximum atomic E-state index is 11.8. The van der Waals surface area contributed by atoms with E-state index in [0.717, 1.165) is 5.56 Å². The summed E-state index contributed by atoms with van der Waals surface area (Å²) in [4.78, 5) is 23.8. The Hall–Kier alpha value is -1.62. The van der Waals surface area contributed by atoms with Gasteiger partial charge in [0.1, 0.15) is 0 Å². The lowest BCUT2D eigenvalue weighted by Gasteiger charge is -2.16. The van der Waals surface area contributed by atoms with E-state index < -0.39 is 4.92 Å². The standard InChI is InChI=1S/C12H13ClN2O3/c1-8-2-10(5-11(3-8)15(17)18)14-7-9(6-13)4-12(14)16/h2-3,5,9H,4,6-7H2,1H3. The predicted octanol–water partition coefficient (Wildman–Crippen LogP) is 2.49. The second kappa shape index (κ2) is 4.94. The number of carbonyl (C=O) groups is 1. The zero-order valence-corrected chi connectivity index (χ0v) is 10.7. The number of halogens is 1. The lowest BCUT2D eigenvalue weighted by atomic mass is 10.1. The van der Waals surface area contributed by atoms with E-state index in [4.69, 9.17) is 11.6 Å². The molecule has 1 aromatic rings. The quantitative estimate of drug-likeness (QED) is 0.481. The average molecular weight is 269 g/mol. The fourth-order valence-corrected chi connectivity index (χ4v) is 2.35. The lowest BCUT2D eigenvalue weighted by Crippen LogP contribution is -2.24. The molecule has 18 heavy (non-hydrogen) atoms. The van der Waals surface area contributed by atoms with E-state index in [0.29, 0.717) is 24.5 Å². The number of rotatable bonds is 3. The third-order valence-electron chi connectivity index (χ3n) is 2.99. The molecule has 0 aromatic heterocycles. The summed E-state index contributed by atoms with van der Waals surface area (Å²) >= 11 is 5.75. The van der Waals surface area contributed by atoms with E-state index in [2.05, 4.69) is 0 Å². The van der Waals surface area contributed by atoms with Crippen LogP contribution in [0.2, 0.25) is 0 Å². The number of non-ortho nitro benzene ring substituents is 1. The molecule has 2 rings (SSSR count). The molecule has 1 fully saturated rings. The van der Waals surface area contributed by atoms with Gasteiger partial charge in [0.15, 0.2) is 0 Å². The summed E-state index contributed by atoms with van der Waals surface area (Å²) in [5.74, 6) is 0.523. The number of nitro benzene ring substituents is 1. The van der Waals surface area contributed by atoms with Crippen LogP contribution in [0.15, 0.2) is 18.2 Å². The number of hydrogen-bond donors (Lipinski definition) is 0. The number of carbonyl (C=O) groups excluding carboxylic acids is 1. The average Bonchev–Trinajstić information content (AvgIpc) is 2.69. The number of anilines is 1. The van der Waals surface area contributed by atoms with Gasteiger partial charge in [0, 0.05) is 31.0 Å². The molecular formula is C12H13ClN2O3. The summed E-state index contributed by atoms with van der Waals surface area (Å²) in [7, 11) is 0. The number of nitro groups is 1. The molecule has 0 aliphatic carbocycles. The minimum absolute atomic E-state index is 0.00660. The first-order chi connectivity index (χ1) is 8.51. The van der Waals surface area contributed by atoms with Crippen LogP contribution in [0.5, 0.6) is 0 Å². The topological polar surface area (TPSA) is 63.5 Å². The first-order valence-corrected chi connectivity index (χ1v) is 6.17. The summed E-state index contributed by atoms with van der Waals surface area (Å²) in [6.45, 7) is 2.30. The molecule has 0 N–H and O–H groups in total. The summed E-state index contributed by atoms with van der Waals surface area (Å²) in [6.07, 6.45) is 0.408. The van der Waals surface area contributed by atoms with Gasteiger partial charge in [-0.1, -0.05) is 0 Å². The van der Waals surface area contributed by atoms with Gasteiger partial charge < -0.3 is 4.90 Å². The molecule has 1 aliphatic heterocycles. The zero-order chi connectivity index (χ0) is 13.3. The summed E-state index contributed by atoms with van der Waals surface area (Å²) in [6, 6.07) is 4.70. The van der Waals surface area contributed by atoms with Crippen LogP contribution in [-0.2, 0) is 4.79 Å². The van der Waals surface area contributed by atoms with Gasteiger partial charge in [-0.15, -0.1) is 11.6 Å². The van der Waals surface area contributed by atoms with Crippen LogP contribution in [0.1, 0.15) is 12.0 Å². The number of benzene rings is 1. The number of nitrogens with zero attached hydrogens (tertiary/aromatic N) is 2. The molecule has 1 aliphatic rings. The minimum atomic E-state index is -0.448. The second-order valence-electron chi connectivity index (χ2n) is 4.51. The van der Waals surface area contributed by atoms with E-state index in [1.165, 1.54) is 12.1 Å². The van der Waals surface area contributed by atoms with Gasteiger partial charge in [0.25, 0.3) is 5.69 Å². The maximum absolute atomic E-state index is 11.8. The summed E-state index contributed by atoms with van der Waals surface area (Å²) < 4.78 is 0. The Labute approximate surface area is 109 Å². The van der Waals surface area contributed by atoms with Gasteiger partial charge >= 0.3 is 0 Å². The van der Waals surface area contributed by atoms with Crippen LogP contribution < -0.4 is 4.90 Å². The second-order valence-corrected chi connectivity index (χ2v) is 4.82. The highest BCUT2D eigenvalue weighted by molar-refractivity contribution is 6.18. The van der Waals surface area contributed by atoms with Gasteiger partial charge in [-0.2, -0.15) is 0 Å². The molecule has 0 radical (unpaired) electrons. The Kier molecular flexibility index (Phi) is 3.52. The predicted molar refractivity (Wildman–Crippen MR) is 69.0 cm³/mol. The molecule has 1 heterocycles. The van der Waals surface area contributed by atoms with Crippen molar-refractivity contribution in [3.63, 3.8) is 0 Å². The maximum Gasteiger partial charge on any atom is 0.271 e. The minimum Gasteiger partial charge on any atom is -0.312 e. The van der Waals surface area contributed by atoms with Crippen molar-refractivity contribution in [1.29, 1.82) is 0 Å². The van der Waals surface area contributed by atoms with Crippen molar-refractivity contribution >= 4 is 28.9 Å². The van der Waals surface area contributed by atoms with Gasteiger partial charge in [0.05, 0.1) is 10.6 Å². The van der Waals surface area contributed by atoms with E-state index >= 15 is 0 Å². The van der Waals surface area contributed by atoms with Crippen molar-refractivity contribution in [2.75, 3.05) is 17.3 Å². The van der Waals surface area contributed by atoms with Crippen LogP contribution >= 0.6 is 11.6 Å². The molecule has 1 unspecified atom stereocenters. The molecule has 0 bridgehead atoms.